The molecule has 15 heavy (non-hydrogen) atoms. The van der Waals surface area contributed by atoms with Crippen LogP contribution in [0.2, 0.25) is 0 Å². The molecule has 0 bridgehead atoms. The lowest BCUT2D eigenvalue weighted by atomic mass is 10.2. The third kappa shape index (κ3) is 1.25. The van der Waals surface area contributed by atoms with E-state index in [1.165, 1.54) is 0 Å². The minimum Gasteiger partial charge on any atom is -0.461 e. The van der Waals surface area contributed by atoms with Crippen LogP contribution in [0.5, 0.6) is 0 Å². The van der Waals surface area contributed by atoms with E-state index in [9.17, 15) is 0 Å². The van der Waals surface area contributed by atoms with Gasteiger partial charge in [-0.1, -0.05) is 6.92 Å². The van der Waals surface area contributed by atoms with Gasteiger partial charge in [0.2, 0.25) is 0 Å². The summed E-state index contributed by atoms with van der Waals surface area (Å²) in [6, 6.07) is 8.19. The summed E-state index contributed by atoms with van der Waals surface area (Å²) in [5.41, 5.74) is 1.88. The van der Waals surface area contributed by atoms with Gasteiger partial charge in [0.15, 0.2) is 0 Å². The monoisotopic (exact) mass is 200 g/mol. The number of hydrogen-bond acceptors (Lipinski definition) is 2. The highest BCUT2D eigenvalue weighted by atomic mass is 16.3. The van der Waals surface area contributed by atoms with Crippen LogP contribution in [-0.4, -0.2) is 0 Å². The maximum Gasteiger partial charge on any atom is 0.135 e. The minimum atomic E-state index is 0.926. The standard InChI is InChI=1S/C13H12O2/c1-3-11-5-10-7-12-9(4-8(2)14-12)6-13(10)15-11/h4-7H,3H2,1-2H3. The molecule has 0 aliphatic carbocycles. The minimum absolute atomic E-state index is 0.926. The lowest BCUT2D eigenvalue weighted by molar-refractivity contribution is 0.557. The van der Waals surface area contributed by atoms with Gasteiger partial charge in [-0.05, 0) is 31.2 Å². The Hall–Kier alpha value is -1.70. The average molecular weight is 200 g/mol. The Morgan fingerprint density at radius 2 is 1.60 bits per heavy atom. The van der Waals surface area contributed by atoms with Gasteiger partial charge in [-0.3, -0.25) is 0 Å². The summed E-state index contributed by atoms with van der Waals surface area (Å²) in [4.78, 5) is 0. The molecule has 0 fully saturated rings. The van der Waals surface area contributed by atoms with E-state index in [2.05, 4.69) is 13.0 Å². The number of hydrogen-bond donors (Lipinski definition) is 0. The summed E-state index contributed by atoms with van der Waals surface area (Å²) >= 11 is 0. The van der Waals surface area contributed by atoms with E-state index in [0.29, 0.717) is 0 Å². The van der Waals surface area contributed by atoms with Crippen LogP contribution < -0.4 is 0 Å². The average Bonchev–Trinajstić information content (AvgIpc) is 2.74. The lowest BCUT2D eigenvalue weighted by Crippen LogP contribution is -1.67. The molecule has 0 atom stereocenters. The van der Waals surface area contributed by atoms with E-state index < -0.39 is 0 Å². The molecular weight excluding hydrogens is 188 g/mol. The van der Waals surface area contributed by atoms with E-state index in [0.717, 1.165) is 39.9 Å². The van der Waals surface area contributed by atoms with Crippen LogP contribution in [0, 0.1) is 6.92 Å². The predicted molar refractivity (Wildman–Crippen MR) is 60.1 cm³/mol. The van der Waals surface area contributed by atoms with E-state index >= 15 is 0 Å². The Kier molecular flexibility index (Phi) is 1.66. The van der Waals surface area contributed by atoms with Crippen molar-refractivity contribution in [3.8, 4) is 0 Å². The highest BCUT2D eigenvalue weighted by Gasteiger charge is 2.06. The van der Waals surface area contributed by atoms with Crippen molar-refractivity contribution in [3.05, 3.63) is 35.8 Å². The maximum atomic E-state index is 5.69. The van der Waals surface area contributed by atoms with Gasteiger partial charge in [0.1, 0.15) is 22.7 Å². The second kappa shape index (κ2) is 2.89. The van der Waals surface area contributed by atoms with E-state index in [1.807, 2.05) is 25.1 Å². The Bertz CT molecular complexity index is 577. The molecule has 0 aliphatic heterocycles. The van der Waals surface area contributed by atoms with Crippen molar-refractivity contribution in [2.75, 3.05) is 0 Å². The van der Waals surface area contributed by atoms with Gasteiger partial charge in [-0.15, -0.1) is 0 Å². The van der Waals surface area contributed by atoms with Gasteiger partial charge in [-0.25, -0.2) is 0 Å². The van der Waals surface area contributed by atoms with Crippen molar-refractivity contribution in [1.29, 1.82) is 0 Å². The summed E-state index contributed by atoms with van der Waals surface area (Å²) in [6.45, 7) is 4.05. The van der Waals surface area contributed by atoms with Crippen molar-refractivity contribution in [2.24, 2.45) is 0 Å². The third-order valence-electron chi connectivity index (χ3n) is 2.68. The summed E-state index contributed by atoms with van der Waals surface area (Å²) in [5.74, 6) is 1.96. The molecule has 2 nitrogen and oxygen atoms in total. The number of fused-ring (bicyclic) bond motifs is 2. The lowest BCUT2D eigenvalue weighted by Gasteiger charge is -1.88. The van der Waals surface area contributed by atoms with Crippen LogP contribution in [0.25, 0.3) is 21.9 Å². The van der Waals surface area contributed by atoms with Crippen molar-refractivity contribution >= 4 is 21.9 Å². The molecule has 0 aliphatic rings. The smallest absolute Gasteiger partial charge is 0.135 e. The first-order valence-corrected chi connectivity index (χ1v) is 5.19. The van der Waals surface area contributed by atoms with Gasteiger partial charge in [0.25, 0.3) is 0 Å². The van der Waals surface area contributed by atoms with Crippen LogP contribution in [0.15, 0.2) is 33.1 Å². The fourth-order valence-electron chi connectivity index (χ4n) is 1.93. The zero-order valence-corrected chi connectivity index (χ0v) is 8.83. The van der Waals surface area contributed by atoms with Gasteiger partial charge < -0.3 is 8.83 Å². The van der Waals surface area contributed by atoms with E-state index in [-0.39, 0.29) is 0 Å². The molecule has 1 aromatic carbocycles. The SMILES string of the molecule is CCc1cc2cc3oc(C)cc3cc2o1. The Labute approximate surface area is 87.5 Å². The summed E-state index contributed by atoms with van der Waals surface area (Å²) in [7, 11) is 0. The van der Waals surface area contributed by atoms with E-state index in [1.54, 1.807) is 0 Å². The maximum absolute atomic E-state index is 5.69. The first-order valence-electron chi connectivity index (χ1n) is 5.19. The van der Waals surface area contributed by atoms with Gasteiger partial charge in [-0.2, -0.15) is 0 Å². The molecule has 3 aromatic rings. The molecule has 0 spiro atoms. The molecule has 0 unspecified atom stereocenters. The molecule has 0 radical (unpaired) electrons. The molecule has 3 rings (SSSR count). The topological polar surface area (TPSA) is 26.3 Å². The predicted octanol–water partition coefficient (Wildman–Crippen LogP) is 4.05. The second-order valence-electron chi connectivity index (χ2n) is 3.85. The largest absolute Gasteiger partial charge is 0.461 e. The van der Waals surface area contributed by atoms with Crippen molar-refractivity contribution in [2.45, 2.75) is 20.3 Å². The second-order valence-corrected chi connectivity index (χ2v) is 3.85. The molecule has 0 saturated heterocycles. The number of benzene rings is 1. The zero-order valence-electron chi connectivity index (χ0n) is 8.83. The van der Waals surface area contributed by atoms with Gasteiger partial charge in [0, 0.05) is 17.2 Å². The molecular formula is C13H12O2. The van der Waals surface area contributed by atoms with Crippen molar-refractivity contribution in [3.63, 3.8) is 0 Å². The van der Waals surface area contributed by atoms with Crippen molar-refractivity contribution in [1.82, 2.24) is 0 Å². The quantitative estimate of drug-likeness (QED) is 0.592. The van der Waals surface area contributed by atoms with Crippen LogP contribution in [-0.2, 0) is 6.42 Å². The van der Waals surface area contributed by atoms with Gasteiger partial charge >= 0.3 is 0 Å². The zero-order chi connectivity index (χ0) is 10.4. The normalized spacial score (nSPS) is 11.6. The molecule has 0 amide bonds. The molecule has 2 aromatic heterocycles. The third-order valence-corrected chi connectivity index (χ3v) is 2.68. The molecule has 76 valence electrons. The Balaban J connectivity index is 2.37. The van der Waals surface area contributed by atoms with Crippen LogP contribution in [0.4, 0.5) is 0 Å². The van der Waals surface area contributed by atoms with Crippen LogP contribution >= 0.6 is 0 Å². The first-order chi connectivity index (χ1) is 7.26. The first kappa shape index (κ1) is 8.60. The van der Waals surface area contributed by atoms with Crippen LogP contribution in [0.1, 0.15) is 18.4 Å². The summed E-state index contributed by atoms with van der Waals surface area (Å²) in [6.07, 6.45) is 0.926. The molecule has 2 heteroatoms. The highest BCUT2D eigenvalue weighted by molar-refractivity contribution is 5.93. The molecule has 0 N–H and O–H groups in total. The fourth-order valence-corrected chi connectivity index (χ4v) is 1.93. The Morgan fingerprint density at radius 1 is 0.933 bits per heavy atom. The highest BCUT2D eigenvalue weighted by Crippen LogP contribution is 2.27. The Morgan fingerprint density at radius 3 is 2.33 bits per heavy atom. The van der Waals surface area contributed by atoms with Crippen LogP contribution in [0.3, 0.4) is 0 Å². The van der Waals surface area contributed by atoms with Crippen molar-refractivity contribution < 1.29 is 8.83 Å². The van der Waals surface area contributed by atoms with Gasteiger partial charge in [0.05, 0.1) is 0 Å². The fraction of sp³-hybridized carbons (Fsp3) is 0.231. The summed E-state index contributed by atoms with van der Waals surface area (Å²) in [5, 5.41) is 2.23. The number of furan rings is 2. The number of aryl methyl sites for hydroxylation is 2. The summed E-state index contributed by atoms with van der Waals surface area (Å²) < 4.78 is 11.3. The van der Waals surface area contributed by atoms with E-state index in [4.69, 9.17) is 8.83 Å². The molecule has 2 heterocycles. The number of rotatable bonds is 1. The molecule has 0 saturated carbocycles.